The highest BCUT2D eigenvalue weighted by molar-refractivity contribution is 6.28. The molecule has 45 heavy (non-hydrogen) atoms. The van der Waals surface area contributed by atoms with E-state index < -0.39 is 41.8 Å². The second kappa shape index (κ2) is 11.5. The first-order valence-electron chi connectivity index (χ1n) is 15.5. The van der Waals surface area contributed by atoms with Gasteiger partial charge in [-0.3, -0.25) is 19.0 Å². The third-order valence-corrected chi connectivity index (χ3v) is 11.7. The van der Waals surface area contributed by atoms with E-state index >= 15 is 0 Å². The Hall–Kier alpha value is -2.81. The zero-order valence-corrected chi connectivity index (χ0v) is 26.1. The minimum absolute atomic E-state index is 0.0176. The van der Waals surface area contributed by atoms with Gasteiger partial charge in [0.15, 0.2) is 23.0 Å². The number of aromatic nitrogens is 4. The Morgan fingerprint density at radius 2 is 1.93 bits per heavy atom. The number of ether oxygens (including phenoxy) is 1. The molecule has 13 nitrogen and oxygen atoms in total. The highest BCUT2D eigenvalue weighted by Crippen LogP contribution is 2.66. The van der Waals surface area contributed by atoms with Crippen LogP contribution in [0.15, 0.2) is 18.0 Å². The molecule has 14 heteroatoms. The van der Waals surface area contributed by atoms with E-state index in [4.69, 9.17) is 27.2 Å². The molecule has 0 spiro atoms. The van der Waals surface area contributed by atoms with Crippen molar-refractivity contribution in [2.24, 2.45) is 28.6 Å². The largest absolute Gasteiger partial charge is 0.394 e. The van der Waals surface area contributed by atoms with Crippen LogP contribution in [0.3, 0.4) is 0 Å². The van der Waals surface area contributed by atoms with Crippen molar-refractivity contribution in [3.05, 3.63) is 23.3 Å². The van der Waals surface area contributed by atoms with Gasteiger partial charge in [-0.2, -0.15) is 9.97 Å². The maximum Gasteiger partial charge on any atom is 0.226 e. The molecule has 0 radical (unpaired) electrons. The summed E-state index contributed by atoms with van der Waals surface area (Å²) in [6.07, 6.45) is 5.84. The van der Waals surface area contributed by atoms with E-state index in [2.05, 4.69) is 21.9 Å². The Labute approximate surface area is 264 Å². The van der Waals surface area contributed by atoms with Gasteiger partial charge in [0.05, 0.1) is 19.0 Å². The molecule has 2 aromatic rings. The summed E-state index contributed by atoms with van der Waals surface area (Å²) in [7, 11) is 0. The summed E-state index contributed by atoms with van der Waals surface area (Å²) in [5.74, 6) is 0.0137. The van der Waals surface area contributed by atoms with Crippen LogP contribution in [-0.2, 0) is 19.1 Å². The standard InChI is InChI=1S/C21H28O5.C10H12ClN5O3/c1-19-7-5-13(23)9-12(19)3-4-14-15-6-8-21(26,17(25)11-22)20(15,2)10-16(24)18(14)19;11-10-14-8(12)7-9(15-10)16(3-13-7)6-1-4(18)5(2-17)19-6/h9,14-15,18,22,26H,3-8,10-11H2,1-2H3;3-6,17-18H,1-2H2,(H2,12,14,15)/t14-,15-,18+,19-,20-,21-;4-,5+,6+/m00/s1. The number of carbonyl (C=O) groups excluding carboxylic acids is 3. The smallest absolute Gasteiger partial charge is 0.226 e. The van der Waals surface area contributed by atoms with Gasteiger partial charge < -0.3 is 30.9 Å². The third kappa shape index (κ3) is 4.94. The van der Waals surface area contributed by atoms with Crippen molar-refractivity contribution >= 4 is 45.9 Å². The summed E-state index contributed by atoms with van der Waals surface area (Å²) in [5, 5.41) is 39.3. The lowest BCUT2D eigenvalue weighted by atomic mass is 9.46. The van der Waals surface area contributed by atoms with Gasteiger partial charge in [0.25, 0.3) is 0 Å². The maximum absolute atomic E-state index is 13.3. The average Bonchev–Trinajstić information content (AvgIpc) is 3.66. The topological polar surface area (TPSA) is 211 Å². The second-order valence-electron chi connectivity index (χ2n) is 13.7. The Bertz CT molecular complexity index is 1580. The van der Waals surface area contributed by atoms with Crippen LogP contribution < -0.4 is 5.73 Å². The number of nitrogens with two attached hydrogens (primary N) is 1. The summed E-state index contributed by atoms with van der Waals surface area (Å²) in [5.41, 5.74) is 5.02. The molecule has 0 bridgehead atoms. The molecule has 0 unspecified atom stereocenters. The molecular weight excluding hydrogens is 606 g/mol. The van der Waals surface area contributed by atoms with Crippen molar-refractivity contribution in [1.29, 1.82) is 0 Å². The molecule has 6 N–H and O–H groups in total. The van der Waals surface area contributed by atoms with Crippen LogP contribution in [0.4, 0.5) is 5.82 Å². The minimum atomic E-state index is -1.60. The number of nitrogens with zero attached hydrogens (tertiary/aromatic N) is 4. The molecule has 244 valence electrons. The summed E-state index contributed by atoms with van der Waals surface area (Å²) in [4.78, 5) is 49.5. The van der Waals surface area contributed by atoms with Gasteiger partial charge in [-0.25, -0.2) is 4.98 Å². The zero-order valence-electron chi connectivity index (χ0n) is 25.4. The van der Waals surface area contributed by atoms with Gasteiger partial charge >= 0.3 is 0 Å². The van der Waals surface area contributed by atoms with Crippen molar-refractivity contribution < 1.29 is 39.5 Å². The van der Waals surface area contributed by atoms with E-state index in [0.717, 1.165) is 18.4 Å². The van der Waals surface area contributed by atoms with E-state index in [9.17, 15) is 29.7 Å². The molecule has 5 aliphatic rings. The summed E-state index contributed by atoms with van der Waals surface area (Å²) in [6.45, 7) is 3.06. The van der Waals surface area contributed by atoms with Crippen molar-refractivity contribution in [2.75, 3.05) is 18.9 Å². The number of nitrogen functional groups attached to an aromatic ring is 1. The van der Waals surface area contributed by atoms with Gasteiger partial charge in [0, 0.05) is 30.6 Å². The number of aliphatic hydroxyl groups is 4. The SMILES string of the molecule is C[C@]12CCC(=O)C=C1CC[C@@H]1[C@@H]2C(=O)C[C@@]2(C)[C@H]1CC[C@]2(O)C(=O)CO.Nc1nc(Cl)nc2c1ncn2[C@H]1C[C@H](O)[C@@H](CO)O1. The van der Waals surface area contributed by atoms with E-state index in [0.29, 0.717) is 43.3 Å². The molecule has 4 fully saturated rings. The molecule has 2 aromatic heterocycles. The monoisotopic (exact) mass is 645 g/mol. The number of ketones is 3. The molecule has 1 saturated heterocycles. The van der Waals surface area contributed by atoms with Gasteiger partial charge in [0.1, 0.15) is 35.8 Å². The van der Waals surface area contributed by atoms with E-state index in [1.807, 2.05) is 6.92 Å². The fourth-order valence-electron chi connectivity index (χ4n) is 9.15. The number of imidazole rings is 1. The van der Waals surface area contributed by atoms with Crippen LogP contribution in [0, 0.1) is 28.6 Å². The first-order valence-corrected chi connectivity index (χ1v) is 15.9. The molecule has 0 aromatic carbocycles. The Morgan fingerprint density at radius 3 is 2.62 bits per heavy atom. The number of hydrogen-bond donors (Lipinski definition) is 5. The van der Waals surface area contributed by atoms with Crippen LogP contribution in [0.2, 0.25) is 5.28 Å². The Balaban J connectivity index is 0.000000167. The second-order valence-corrected chi connectivity index (χ2v) is 14.0. The number of fused-ring (bicyclic) bond motifs is 6. The predicted molar refractivity (Wildman–Crippen MR) is 161 cm³/mol. The summed E-state index contributed by atoms with van der Waals surface area (Å²) >= 11 is 5.77. The van der Waals surface area contributed by atoms with Gasteiger partial charge in [-0.15, -0.1) is 0 Å². The van der Waals surface area contributed by atoms with Crippen molar-refractivity contribution in [3.8, 4) is 0 Å². The fourth-order valence-corrected chi connectivity index (χ4v) is 9.32. The minimum Gasteiger partial charge on any atom is -0.394 e. The van der Waals surface area contributed by atoms with Crippen molar-refractivity contribution in [3.63, 3.8) is 0 Å². The molecule has 4 aliphatic carbocycles. The first kappa shape index (κ1) is 32.1. The van der Waals surface area contributed by atoms with Crippen molar-refractivity contribution in [2.45, 2.75) is 89.3 Å². The normalized spacial score (nSPS) is 39.0. The summed E-state index contributed by atoms with van der Waals surface area (Å²) in [6, 6.07) is 0. The van der Waals surface area contributed by atoms with E-state index in [1.165, 1.54) is 6.33 Å². The quantitative estimate of drug-likeness (QED) is 0.301. The van der Waals surface area contributed by atoms with Crippen LogP contribution in [0.5, 0.6) is 0 Å². The first-order chi connectivity index (χ1) is 21.3. The van der Waals surface area contributed by atoms with Gasteiger partial charge in [-0.1, -0.05) is 19.4 Å². The average molecular weight is 646 g/mol. The molecular formula is C31H40ClN5O8. The number of carbonyl (C=O) groups is 3. The molecule has 7 rings (SSSR count). The molecule has 9 atom stereocenters. The van der Waals surface area contributed by atoms with Gasteiger partial charge in [-0.05, 0) is 67.0 Å². The number of Topliss-reactive ketones (excluding diaryl/α,β-unsaturated/α-hetero) is 2. The lowest BCUT2D eigenvalue weighted by Crippen LogP contribution is -2.60. The highest BCUT2D eigenvalue weighted by Gasteiger charge is 2.68. The number of allylic oxidation sites excluding steroid dienone is 1. The number of hydrogen-bond acceptors (Lipinski definition) is 12. The van der Waals surface area contributed by atoms with Crippen LogP contribution in [0.25, 0.3) is 11.2 Å². The number of rotatable bonds is 4. The lowest BCUT2D eigenvalue weighted by Gasteiger charge is -2.57. The third-order valence-electron chi connectivity index (χ3n) is 11.5. The molecule has 1 aliphatic heterocycles. The molecule has 3 heterocycles. The van der Waals surface area contributed by atoms with Crippen LogP contribution in [-0.4, -0.2) is 88.3 Å². The summed E-state index contributed by atoms with van der Waals surface area (Å²) < 4.78 is 7.16. The number of anilines is 1. The molecule has 3 saturated carbocycles. The molecule has 0 amide bonds. The Kier molecular flexibility index (Phi) is 8.19. The zero-order chi connectivity index (χ0) is 32.5. The van der Waals surface area contributed by atoms with E-state index in [1.54, 1.807) is 10.6 Å². The number of halogens is 1. The van der Waals surface area contributed by atoms with E-state index in [-0.39, 0.29) is 58.9 Å². The van der Waals surface area contributed by atoms with Gasteiger partial charge in [0.2, 0.25) is 5.28 Å². The number of aliphatic hydroxyl groups excluding tert-OH is 3. The predicted octanol–water partition coefficient (Wildman–Crippen LogP) is 1.69. The highest BCUT2D eigenvalue weighted by atomic mass is 35.5. The Morgan fingerprint density at radius 1 is 1.18 bits per heavy atom. The van der Waals surface area contributed by atoms with Crippen LogP contribution >= 0.6 is 11.6 Å². The van der Waals surface area contributed by atoms with Crippen LogP contribution in [0.1, 0.15) is 71.4 Å². The van der Waals surface area contributed by atoms with Crippen molar-refractivity contribution in [1.82, 2.24) is 19.5 Å². The lowest BCUT2D eigenvalue weighted by molar-refractivity contribution is -0.170. The fraction of sp³-hybridized carbons (Fsp3) is 0.677. The maximum atomic E-state index is 13.3.